The maximum atomic E-state index is 12.5. The van der Waals surface area contributed by atoms with Crippen LogP contribution in [0.3, 0.4) is 0 Å². The molecule has 1 N–H and O–H groups in total. The van der Waals surface area contributed by atoms with Crippen molar-refractivity contribution in [3.05, 3.63) is 41.1 Å². The number of aromatic nitrogens is 1. The van der Waals surface area contributed by atoms with Crippen LogP contribution < -0.4 is 10.2 Å². The van der Waals surface area contributed by atoms with Gasteiger partial charge in [0.2, 0.25) is 14.9 Å². The molecule has 1 aromatic carbocycles. The van der Waals surface area contributed by atoms with E-state index in [4.69, 9.17) is 20.4 Å². The Kier molecular flexibility index (Phi) is 4.02. The molecule has 0 radical (unpaired) electrons. The summed E-state index contributed by atoms with van der Waals surface area (Å²) >= 11 is 6.01. The maximum Gasteiger partial charge on any atom is 0.298 e. The second kappa shape index (κ2) is 6.49. The Bertz CT molecular complexity index is 1300. The Morgan fingerprint density at radius 1 is 1.16 bits per heavy atom. The molecule has 1 spiro atoms. The highest BCUT2D eigenvalue weighted by atomic mass is 35.5. The number of sulfone groups is 1. The first-order valence-corrected chi connectivity index (χ1v) is 12.2. The second-order valence-corrected chi connectivity index (χ2v) is 11.5. The number of furan rings is 1. The number of fused-ring (bicyclic) bond motifs is 1. The maximum absolute atomic E-state index is 12.5. The van der Waals surface area contributed by atoms with Crippen molar-refractivity contribution in [2.24, 2.45) is 5.41 Å². The van der Waals surface area contributed by atoms with Crippen molar-refractivity contribution in [1.82, 2.24) is 10.3 Å². The van der Waals surface area contributed by atoms with Crippen molar-refractivity contribution >= 4 is 44.5 Å². The number of rotatable bonds is 5. The third kappa shape index (κ3) is 3.22. The quantitative estimate of drug-likeness (QED) is 0.620. The van der Waals surface area contributed by atoms with Crippen LogP contribution in [0.5, 0.6) is 0 Å². The van der Waals surface area contributed by atoms with Gasteiger partial charge >= 0.3 is 0 Å². The van der Waals surface area contributed by atoms with Crippen LogP contribution in [0, 0.1) is 5.41 Å². The molecule has 2 aliphatic carbocycles. The topological polar surface area (TPSA) is 106 Å². The lowest BCUT2D eigenvalue weighted by Crippen LogP contribution is -2.66. The number of amides is 1. The van der Waals surface area contributed by atoms with Gasteiger partial charge in [0.15, 0.2) is 11.3 Å². The number of hydrogen-bond acceptors (Lipinski definition) is 7. The SMILES string of the molecule is O=C(NC1CC2(C1)CN(c1nc3cc(Cl)ccc3o1)C2)c1ccc(S(=O)(=O)C2CC2)o1. The Morgan fingerprint density at radius 2 is 1.94 bits per heavy atom. The molecule has 162 valence electrons. The zero-order valence-electron chi connectivity index (χ0n) is 16.5. The number of carbonyl (C=O) groups excluding carboxylic acids is 1. The van der Waals surface area contributed by atoms with Gasteiger partial charge in [-0.3, -0.25) is 4.79 Å². The third-order valence-corrected chi connectivity index (χ3v) is 8.77. The zero-order valence-corrected chi connectivity index (χ0v) is 18.1. The fraction of sp³-hybridized carbons (Fsp3) is 0.429. The average Bonchev–Trinajstić information content (AvgIpc) is 3.27. The zero-order chi connectivity index (χ0) is 21.4. The lowest BCUT2D eigenvalue weighted by molar-refractivity contribution is 0.0403. The molecular formula is C21H20ClN3O5S. The van der Waals surface area contributed by atoms with Crippen LogP contribution in [-0.2, 0) is 9.84 Å². The van der Waals surface area contributed by atoms with E-state index >= 15 is 0 Å². The van der Waals surface area contributed by atoms with Crippen molar-refractivity contribution < 1.29 is 22.0 Å². The van der Waals surface area contributed by atoms with Crippen molar-refractivity contribution in [3.63, 3.8) is 0 Å². The molecule has 0 atom stereocenters. The largest absolute Gasteiger partial charge is 0.440 e. The molecule has 3 aliphatic rings. The number of anilines is 1. The normalized spacial score (nSPS) is 20.6. The molecule has 1 aliphatic heterocycles. The van der Waals surface area contributed by atoms with Crippen LogP contribution in [0.25, 0.3) is 11.1 Å². The number of nitrogens with zero attached hydrogens (tertiary/aromatic N) is 2. The fourth-order valence-electron chi connectivity index (χ4n) is 4.66. The Balaban J connectivity index is 1.04. The summed E-state index contributed by atoms with van der Waals surface area (Å²) in [7, 11) is -3.43. The summed E-state index contributed by atoms with van der Waals surface area (Å²) in [6.07, 6.45) is 3.02. The molecule has 8 nitrogen and oxygen atoms in total. The standard InChI is InChI=1S/C21H20ClN3O5S/c22-12-1-4-16-15(7-12)24-20(30-16)25-10-21(11-25)8-13(9-21)23-19(26)17-5-6-18(29-17)31(27,28)14-2-3-14/h1,4-7,13-14H,2-3,8-11H2,(H,23,26). The van der Waals surface area contributed by atoms with Gasteiger partial charge in [0.25, 0.3) is 11.9 Å². The minimum atomic E-state index is -3.43. The summed E-state index contributed by atoms with van der Waals surface area (Å²) < 4.78 is 35.6. The summed E-state index contributed by atoms with van der Waals surface area (Å²) in [6, 6.07) is 8.82. The molecule has 0 unspecified atom stereocenters. The summed E-state index contributed by atoms with van der Waals surface area (Å²) in [6.45, 7) is 1.65. The summed E-state index contributed by atoms with van der Waals surface area (Å²) in [5, 5.41) is 3.10. The smallest absolute Gasteiger partial charge is 0.298 e. The number of carbonyl (C=O) groups is 1. The van der Waals surface area contributed by atoms with Gasteiger partial charge in [-0.2, -0.15) is 4.98 Å². The molecule has 1 saturated heterocycles. The van der Waals surface area contributed by atoms with E-state index < -0.39 is 9.84 Å². The number of halogens is 1. The van der Waals surface area contributed by atoms with Crippen LogP contribution in [0.15, 0.2) is 44.3 Å². The lowest BCUT2D eigenvalue weighted by atomic mass is 9.61. The molecule has 3 fully saturated rings. The minimum Gasteiger partial charge on any atom is -0.440 e. The van der Waals surface area contributed by atoms with E-state index in [0.29, 0.717) is 29.5 Å². The van der Waals surface area contributed by atoms with Gasteiger partial charge in [-0.05, 0) is 56.0 Å². The van der Waals surface area contributed by atoms with E-state index in [1.165, 1.54) is 12.1 Å². The predicted octanol–water partition coefficient (Wildman–Crippen LogP) is 3.41. The van der Waals surface area contributed by atoms with Gasteiger partial charge in [-0.25, -0.2) is 8.42 Å². The summed E-state index contributed by atoms with van der Waals surface area (Å²) in [5.74, 6) is -0.329. The van der Waals surface area contributed by atoms with Gasteiger partial charge in [-0.15, -0.1) is 0 Å². The molecular weight excluding hydrogens is 442 g/mol. The average molecular weight is 462 g/mol. The van der Waals surface area contributed by atoms with E-state index in [1.54, 1.807) is 12.1 Å². The highest BCUT2D eigenvalue weighted by Gasteiger charge is 2.54. The number of hydrogen-bond donors (Lipinski definition) is 1. The van der Waals surface area contributed by atoms with Crippen LogP contribution in [-0.4, -0.2) is 43.7 Å². The first-order chi connectivity index (χ1) is 14.8. The highest BCUT2D eigenvalue weighted by molar-refractivity contribution is 7.92. The van der Waals surface area contributed by atoms with Crippen molar-refractivity contribution in [3.8, 4) is 0 Å². The first-order valence-electron chi connectivity index (χ1n) is 10.3. The fourth-order valence-corrected chi connectivity index (χ4v) is 6.38. The third-order valence-electron chi connectivity index (χ3n) is 6.40. The minimum absolute atomic E-state index is 0.0422. The van der Waals surface area contributed by atoms with E-state index in [1.807, 2.05) is 6.07 Å². The van der Waals surface area contributed by atoms with Crippen LogP contribution in [0.4, 0.5) is 6.01 Å². The van der Waals surface area contributed by atoms with Crippen molar-refractivity contribution in [2.75, 3.05) is 18.0 Å². The van der Waals surface area contributed by atoms with E-state index in [-0.39, 0.29) is 33.5 Å². The first kappa shape index (κ1) is 19.2. The monoisotopic (exact) mass is 461 g/mol. The molecule has 2 saturated carbocycles. The van der Waals surface area contributed by atoms with Gasteiger partial charge in [0, 0.05) is 29.6 Å². The number of oxazole rings is 1. The Hall–Kier alpha value is -2.52. The van der Waals surface area contributed by atoms with Gasteiger partial charge in [0.1, 0.15) is 5.52 Å². The van der Waals surface area contributed by atoms with E-state index in [0.717, 1.165) is 31.4 Å². The van der Waals surface area contributed by atoms with E-state index in [2.05, 4.69) is 15.2 Å². The van der Waals surface area contributed by atoms with Gasteiger partial charge < -0.3 is 19.1 Å². The Morgan fingerprint density at radius 3 is 2.68 bits per heavy atom. The molecule has 3 aromatic rings. The van der Waals surface area contributed by atoms with Crippen LogP contribution >= 0.6 is 11.6 Å². The predicted molar refractivity (Wildman–Crippen MR) is 113 cm³/mol. The van der Waals surface area contributed by atoms with Crippen LogP contribution in [0.2, 0.25) is 5.02 Å². The van der Waals surface area contributed by atoms with Gasteiger partial charge in [-0.1, -0.05) is 11.6 Å². The molecule has 0 bridgehead atoms. The molecule has 10 heteroatoms. The Labute approximate surface area is 183 Å². The van der Waals surface area contributed by atoms with Crippen molar-refractivity contribution in [1.29, 1.82) is 0 Å². The molecule has 3 heterocycles. The lowest BCUT2D eigenvalue weighted by Gasteiger charge is -2.58. The van der Waals surface area contributed by atoms with Gasteiger partial charge in [0.05, 0.1) is 5.25 Å². The molecule has 31 heavy (non-hydrogen) atoms. The van der Waals surface area contributed by atoms with Crippen LogP contribution in [0.1, 0.15) is 36.2 Å². The molecule has 6 rings (SSSR count). The molecule has 2 aromatic heterocycles. The second-order valence-electron chi connectivity index (χ2n) is 8.91. The van der Waals surface area contributed by atoms with E-state index in [9.17, 15) is 13.2 Å². The molecule has 1 amide bonds. The van der Waals surface area contributed by atoms with Crippen molar-refractivity contribution in [2.45, 2.75) is 42.1 Å². The number of nitrogens with one attached hydrogen (secondary N) is 1. The number of benzene rings is 1. The summed E-state index contributed by atoms with van der Waals surface area (Å²) in [4.78, 5) is 19.1. The highest BCUT2D eigenvalue weighted by Crippen LogP contribution is 2.49. The summed E-state index contributed by atoms with van der Waals surface area (Å²) in [5.41, 5.74) is 1.60.